The molecule has 1 atom stereocenters. The summed E-state index contributed by atoms with van der Waals surface area (Å²) in [6, 6.07) is 4.65. The zero-order chi connectivity index (χ0) is 12.3. The molecule has 1 saturated heterocycles. The van der Waals surface area contributed by atoms with Crippen molar-refractivity contribution in [3.8, 4) is 11.5 Å². The van der Waals surface area contributed by atoms with Gasteiger partial charge in [-0.25, -0.2) is 0 Å². The second kappa shape index (κ2) is 5.41. The van der Waals surface area contributed by atoms with Crippen LogP contribution in [0.4, 0.5) is 0 Å². The van der Waals surface area contributed by atoms with Crippen LogP contribution in [0.3, 0.4) is 0 Å². The van der Waals surface area contributed by atoms with Crippen molar-refractivity contribution in [1.82, 2.24) is 5.32 Å². The number of benzene rings is 1. The van der Waals surface area contributed by atoms with Gasteiger partial charge in [-0.05, 0) is 37.4 Å². The quantitative estimate of drug-likeness (QED) is 0.870. The Bertz CT molecular complexity index is 384. The minimum Gasteiger partial charge on any atom is -0.493 e. The number of ether oxygens (including phenoxy) is 2. The lowest BCUT2D eigenvalue weighted by Gasteiger charge is -2.19. The lowest BCUT2D eigenvalue weighted by Crippen LogP contribution is -2.15. The molecule has 1 aliphatic heterocycles. The van der Waals surface area contributed by atoms with Gasteiger partial charge in [-0.1, -0.05) is 13.0 Å². The SMILES string of the molecule is CCc1c(C2CCCN2)ccc(OC)c1OC. The Balaban J connectivity index is 2.44. The van der Waals surface area contributed by atoms with E-state index in [2.05, 4.69) is 18.3 Å². The van der Waals surface area contributed by atoms with Gasteiger partial charge in [-0.3, -0.25) is 0 Å². The molecule has 0 saturated carbocycles. The largest absolute Gasteiger partial charge is 0.493 e. The number of nitrogens with one attached hydrogen (secondary N) is 1. The summed E-state index contributed by atoms with van der Waals surface area (Å²) in [6.45, 7) is 3.28. The van der Waals surface area contributed by atoms with Gasteiger partial charge in [0, 0.05) is 11.6 Å². The van der Waals surface area contributed by atoms with E-state index in [-0.39, 0.29) is 0 Å². The van der Waals surface area contributed by atoms with Crippen LogP contribution in [0.2, 0.25) is 0 Å². The van der Waals surface area contributed by atoms with Gasteiger partial charge in [-0.2, -0.15) is 0 Å². The Hall–Kier alpha value is -1.22. The third-order valence-corrected chi connectivity index (χ3v) is 3.47. The van der Waals surface area contributed by atoms with E-state index >= 15 is 0 Å². The van der Waals surface area contributed by atoms with E-state index in [0.717, 1.165) is 24.5 Å². The van der Waals surface area contributed by atoms with Crippen LogP contribution < -0.4 is 14.8 Å². The molecule has 0 radical (unpaired) electrons. The lowest BCUT2D eigenvalue weighted by molar-refractivity contribution is 0.350. The molecule has 3 heteroatoms. The van der Waals surface area contributed by atoms with Gasteiger partial charge in [0.2, 0.25) is 0 Å². The zero-order valence-electron chi connectivity index (χ0n) is 10.9. The molecule has 0 bridgehead atoms. The predicted octanol–water partition coefficient (Wildman–Crippen LogP) is 2.69. The van der Waals surface area contributed by atoms with Crippen molar-refractivity contribution in [2.45, 2.75) is 32.2 Å². The molecule has 1 N–H and O–H groups in total. The van der Waals surface area contributed by atoms with Crippen LogP contribution >= 0.6 is 0 Å². The van der Waals surface area contributed by atoms with Crippen LogP contribution in [0.1, 0.15) is 36.9 Å². The van der Waals surface area contributed by atoms with Crippen LogP contribution in [-0.2, 0) is 6.42 Å². The van der Waals surface area contributed by atoms with E-state index in [1.807, 2.05) is 6.07 Å². The minimum atomic E-state index is 0.477. The monoisotopic (exact) mass is 235 g/mol. The highest BCUT2D eigenvalue weighted by Crippen LogP contribution is 2.38. The van der Waals surface area contributed by atoms with Crippen molar-refractivity contribution in [2.24, 2.45) is 0 Å². The standard InChI is InChI=1S/C14H21NO2/c1-4-10-11(12-6-5-9-15-12)7-8-13(16-2)14(10)17-3/h7-8,12,15H,4-6,9H2,1-3H3. The normalized spacial score (nSPS) is 19.4. The van der Waals surface area contributed by atoms with Crippen molar-refractivity contribution < 1.29 is 9.47 Å². The molecule has 0 aliphatic carbocycles. The molecule has 0 amide bonds. The van der Waals surface area contributed by atoms with E-state index in [1.54, 1.807) is 14.2 Å². The van der Waals surface area contributed by atoms with Crippen LogP contribution in [0.5, 0.6) is 11.5 Å². The van der Waals surface area contributed by atoms with Crippen molar-refractivity contribution in [1.29, 1.82) is 0 Å². The first-order chi connectivity index (χ1) is 8.31. The maximum atomic E-state index is 5.51. The van der Waals surface area contributed by atoms with Crippen LogP contribution in [0.25, 0.3) is 0 Å². The first kappa shape index (κ1) is 12.2. The average Bonchev–Trinajstić information content (AvgIpc) is 2.90. The van der Waals surface area contributed by atoms with E-state index in [4.69, 9.17) is 9.47 Å². The second-order valence-corrected chi connectivity index (χ2v) is 4.37. The van der Waals surface area contributed by atoms with E-state index < -0.39 is 0 Å². The first-order valence-corrected chi connectivity index (χ1v) is 6.29. The summed E-state index contributed by atoms with van der Waals surface area (Å²) < 4.78 is 10.9. The Labute approximate surface area is 103 Å². The first-order valence-electron chi connectivity index (χ1n) is 6.29. The summed E-state index contributed by atoms with van der Waals surface area (Å²) >= 11 is 0. The second-order valence-electron chi connectivity index (χ2n) is 4.37. The molecule has 94 valence electrons. The number of hydrogen-bond donors (Lipinski definition) is 1. The highest BCUT2D eigenvalue weighted by atomic mass is 16.5. The summed E-state index contributed by atoms with van der Waals surface area (Å²) in [5, 5.41) is 3.54. The van der Waals surface area contributed by atoms with Gasteiger partial charge < -0.3 is 14.8 Å². The van der Waals surface area contributed by atoms with Crippen molar-refractivity contribution >= 4 is 0 Å². The molecule has 1 fully saturated rings. The molecule has 1 heterocycles. The minimum absolute atomic E-state index is 0.477. The Morgan fingerprint density at radius 1 is 1.29 bits per heavy atom. The molecule has 1 aromatic rings. The Morgan fingerprint density at radius 2 is 2.12 bits per heavy atom. The molecular weight excluding hydrogens is 214 g/mol. The van der Waals surface area contributed by atoms with E-state index in [9.17, 15) is 0 Å². The van der Waals surface area contributed by atoms with Gasteiger partial charge in [0.25, 0.3) is 0 Å². The summed E-state index contributed by atoms with van der Waals surface area (Å²) in [7, 11) is 3.40. The fraction of sp³-hybridized carbons (Fsp3) is 0.571. The van der Waals surface area contributed by atoms with Gasteiger partial charge in [-0.15, -0.1) is 0 Å². The van der Waals surface area contributed by atoms with Gasteiger partial charge >= 0.3 is 0 Å². The van der Waals surface area contributed by atoms with Crippen molar-refractivity contribution in [2.75, 3.05) is 20.8 Å². The molecule has 17 heavy (non-hydrogen) atoms. The smallest absolute Gasteiger partial charge is 0.164 e. The average molecular weight is 235 g/mol. The lowest BCUT2D eigenvalue weighted by atomic mass is 9.96. The van der Waals surface area contributed by atoms with Crippen molar-refractivity contribution in [3.05, 3.63) is 23.3 Å². The number of hydrogen-bond acceptors (Lipinski definition) is 3. The summed E-state index contributed by atoms with van der Waals surface area (Å²) in [4.78, 5) is 0. The fourth-order valence-corrected chi connectivity index (χ4v) is 2.65. The van der Waals surface area contributed by atoms with Crippen molar-refractivity contribution in [3.63, 3.8) is 0 Å². The third kappa shape index (κ3) is 2.25. The maximum Gasteiger partial charge on any atom is 0.164 e. The molecule has 1 aromatic carbocycles. The van der Waals surface area contributed by atoms with Gasteiger partial charge in [0.05, 0.1) is 14.2 Å². The topological polar surface area (TPSA) is 30.5 Å². The highest BCUT2D eigenvalue weighted by molar-refractivity contribution is 5.52. The number of methoxy groups -OCH3 is 2. The summed E-state index contributed by atoms with van der Waals surface area (Å²) in [5.74, 6) is 1.72. The fourth-order valence-electron chi connectivity index (χ4n) is 2.65. The maximum absolute atomic E-state index is 5.51. The Morgan fingerprint density at radius 3 is 2.65 bits per heavy atom. The predicted molar refractivity (Wildman–Crippen MR) is 68.9 cm³/mol. The molecular formula is C14H21NO2. The molecule has 0 aromatic heterocycles. The number of rotatable bonds is 4. The third-order valence-electron chi connectivity index (χ3n) is 3.47. The Kier molecular flexibility index (Phi) is 3.89. The van der Waals surface area contributed by atoms with E-state index in [1.165, 1.54) is 24.0 Å². The summed E-state index contributed by atoms with van der Waals surface area (Å²) in [5.41, 5.74) is 2.63. The van der Waals surface area contributed by atoms with Crippen LogP contribution in [0.15, 0.2) is 12.1 Å². The zero-order valence-corrected chi connectivity index (χ0v) is 10.9. The van der Waals surface area contributed by atoms with Gasteiger partial charge in [0.15, 0.2) is 11.5 Å². The van der Waals surface area contributed by atoms with Crippen LogP contribution in [0, 0.1) is 0 Å². The summed E-state index contributed by atoms with van der Waals surface area (Å²) in [6.07, 6.45) is 3.43. The molecule has 0 spiro atoms. The molecule has 2 rings (SSSR count). The molecule has 1 aliphatic rings. The molecule has 1 unspecified atom stereocenters. The highest BCUT2D eigenvalue weighted by Gasteiger charge is 2.22. The van der Waals surface area contributed by atoms with Crippen LogP contribution in [-0.4, -0.2) is 20.8 Å². The van der Waals surface area contributed by atoms with Gasteiger partial charge in [0.1, 0.15) is 0 Å². The molecule has 3 nitrogen and oxygen atoms in total. The van der Waals surface area contributed by atoms with E-state index in [0.29, 0.717) is 6.04 Å².